The van der Waals surface area contributed by atoms with Crippen molar-refractivity contribution in [2.75, 3.05) is 45.0 Å². The number of carbonyl (C=O) groups is 16. The second-order valence-electron chi connectivity index (χ2n) is 30.1. The fraction of sp³-hybridized carbons (Fsp3) is 0.605. The van der Waals surface area contributed by atoms with E-state index in [1.807, 2.05) is 27.7 Å². The zero-order valence-electron chi connectivity index (χ0n) is 68.8. The van der Waals surface area contributed by atoms with Crippen LogP contribution < -0.4 is 31.9 Å². The smallest absolute Gasteiger partial charge is 0.407 e. The first-order valence-corrected chi connectivity index (χ1v) is 43.7. The molecule has 4 rings (SSSR count). The summed E-state index contributed by atoms with van der Waals surface area (Å²) in [6.45, 7) is 12.7. The highest BCUT2D eigenvalue weighted by molar-refractivity contribution is 8.76. The molecule has 1 aliphatic heterocycles. The predicted molar refractivity (Wildman–Crippen MR) is 445 cm³/mol. The van der Waals surface area contributed by atoms with Crippen LogP contribution in [-0.4, -0.2) is 233 Å². The van der Waals surface area contributed by atoms with Crippen LogP contribution in [0.3, 0.4) is 0 Å². The summed E-state index contributed by atoms with van der Waals surface area (Å²) < 4.78 is 21.8. The average molecular weight is 1760 g/mol. The highest BCUT2D eigenvalue weighted by atomic mass is 33.1. The number of hydrogen-bond donors (Lipinski definition) is 12. The van der Waals surface area contributed by atoms with Gasteiger partial charge in [-0.05, 0) is 125 Å². The van der Waals surface area contributed by atoms with Gasteiger partial charge in [-0.3, -0.25) is 62.3 Å². The zero-order chi connectivity index (χ0) is 89.1. The Hall–Kier alpha value is -9.86. The van der Waals surface area contributed by atoms with E-state index in [0.29, 0.717) is 30.0 Å². The number of aliphatic carboxylic acids is 5. The molecule has 1 unspecified atom stereocenters. The molecule has 0 aliphatic carbocycles. The number of hydrogen-bond acceptors (Lipinski definition) is 27. The number of likely N-dealkylation sites (tertiary alicyclic amines) is 1. The van der Waals surface area contributed by atoms with Gasteiger partial charge in [-0.1, -0.05) is 118 Å². The number of aromatic nitrogens is 1. The van der Waals surface area contributed by atoms with Crippen LogP contribution in [0.2, 0.25) is 0 Å². The van der Waals surface area contributed by atoms with E-state index in [-0.39, 0.29) is 104 Å². The number of piperidine rings is 1. The summed E-state index contributed by atoms with van der Waals surface area (Å²) in [5, 5.41) is 75.0. The van der Waals surface area contributed by atoms with Crippen LogP contribution >= 0.6 is 45.1 Å². The summed E-state index contributed by atoms with van der Waals surface area (Å²) in [6, 6.07) is 8.67. The van der Waals surface area contributed by atoms with Crippen LogP contribution in [0.4, 0.5) is 4.79 Å². The number of rotatable bonds is 59. The summed E-state index contributed by atoms with van der Waals surface area (Å²) in [7, 11) is 4.24. The maximum absolute atomic E-state index is 15.1. The SMILES string of the molecule is CCCC(=O)OCN(C(=O)[C@@H](CC[C@H]1CCCCN1C)C(C)CC)[C@H](C[C@@H](OC(C)=O)c1nc(C(=O)N[C@@H](Cc2ccc(O)cc2)C[C@H](C)C(=O)CNC(=O)OCCSSC[C@@H](CC(=O)[C@H](Cc2ccccc2)NC(=O)[C@H](CC(=O)O)CC(=O)CC[C@H](NC(=O)CC[C@@H](NC(=S)N[C@H](CCC(=O)O)OC=O)C(=O)O)C(=O)O)C(=O)O)cs1)C(C)C. The summed E-state index contributed by atoms with van der Waals surface area (Å²) in [5.41, 5.74) is 1.18. The number of thiazole rings is 1. The summed E-state index contributed by atoms with van der Waals surface area (Å²) in [5.74, 6) is -17.7. The lowest BCUT2D eigenvalue weighted by Gasteiger charge is -2.39. The van der Waals surface area contributed by atoms with E-state index >= 15 is 4.79 Å². The quantitative estimate of drug-likeness (QED) is 0.00487. The fourth-order valence-corrected chi connectivity index (χ4v) is 16.6. The molecule has 1 aliphatic rings. The Morgan fingerprint density at radius 3 is 2.00 bits per heavy atom. The zero-order valence-corrected chi connectivity index (χ0v) is 72.1. The van der Waals surface area contributed by atoms with Crippen LogP contribution in [0.5, 0.6) is 5.75 Å². The largest absolute Gasteiger partial charge is 0.508 e. The number of nitrogens with zero attached hydrogens (tertiary/aromatic N) is 3. The van der Waals surface area contributed by atoms with Crippen molar-refractivity contribution in [2.24, 2.45) is 35.5 Å². The van der Waals surface area contributed by atoms with Crippen molar-refractivity contribution < 1.29 is 126 Å². The molecule has 0 saturated carbocycles. The van der Waals surface area contributed by atoms with Crippen molar-refractivity contribution in [3.8, 4) is 5.75 Å². The first-order valence-electron chi connectivity index (χ1n) is 39.9. The highest BCUT2D eigenvalue weighted by Crippen LogP contribution is 2.35. The maximum atomic E-state index is 15.1. The molecule has 3 aromatic rings. The Morgan fingerprint density at radius 2 is 1.38 bits per heavy atom. The fourth-order valence-electron chi connectivity index (χ4n) is 13.4. The van der Waals surface area contributed by atoms with Crippen molar-refractivity contribution in [3.05, 3.63) is 81.8 Å². The molecule has 664 valence electrons. The summed E-state index contributed by atoms with van der Waals surface area (Å²) in [6.07, 6.45) is -2.35. The number of thiocarbonyl (C=S) groups is 1. The van der Waals surface area contributed by atoms with Gasteiger partial charge in [-0.15, -0.1) is 11.3 Å². The minimum atomic E-state index is -1.74. The van der Waals surface area contributed by atoms with Crippen LogP contribution in [0.25, 0.3) is 0 Å². The standard InChI is InChI=1S/C81H115N9O26S4/c1-9-16-72(102)114-45-90(76(105)59(48(5)10-2)26-22-56-19-14-15-32-89(56)8)64(47(3)4)41-67(116-50(7)92)75-86-63(44-118-75)74(104)83-55(36-52-20-23-57(93)24-21-52)35-49(6)66(96)42-82-81(112)113-33-34-119-120-43-54(77(106)107)39-65(95)62(37-51-17-12-11-13-18-51)85-73(103)53(40-71(100)101)38-58(94)25-27-60(78(108)109)84-68(97)29-28-61(79(110)111)87-80(117)88-69(115-46-91)30-31-70(98)99/h11-13,17-18,20-21,23-24,44,46-49,53-56,59-62,64,67,69,93H,9-10,14-16,19,22,25-43,45H2,1-8H3,(H,82,112)(H,83,104)(H,84,97)(H,85,103)(H,98,99)(H,100,101)(H,106,107)(H,108,109)(H,110,111)(H2,87,88,117)/t48?,49-,53-,54+,55+,56+,59-,60-,61+,62-,64+,67+,69-/m0/s1. The van der Waals surface area contributed by atoms with Gasteiger partial charge in [0.15, 0.2) is 35.7 Å². The van der Waals surface area contributed by atoms with Crippen molar-refractivity contribution >= 4 is 146 Å². The van der Waals surface area contributed by atoms with E-state index in [0.717, 1.165) is 71.6 Å². The van der Waals surface area contributed by atoms with Gasteiger partial charge in [0.25, 0.3) is 12.4 Å². The van der Waals surface area contributed by atoms with Crippen molar-refractivity contribution in [3.63, 3.8) is 0 Å². The number of nitrogens with one attached hydrogen (secondary N) is 6. The van der Waals surface area contributed by atoms with Gasteiger partial charge < -0.3 is 91.3 Å². The van der Waals surface area contributed by atoms with E-state index in [1.165, 1.54) is 24.4 Å². The molecule has 12 N–H and O–H groups in total. The number of aromatic hydroxyl groups is 1. The molecule has 1 aromatic heterocycles. The number of amides is 5. The van der Waals surface area contributed by atoms with E-state index in [4.69, 9.17) is 36.3 Å². The minimum Gasteiger partial charge on any atom is -0.508 e. The molecule has 1 saturated heterocycles. The Balaban J connectivity index is 1.35. The molecule has 0 radical (unpaired) electrons. The first-order chi connectivity index (χ1) is 56.9. The lowest BCUT2D eigenvalue weighted by Crippen LogP contribution is -2.50. The molecule has 0 bridgehead atoms. The molecule has 1 fully saturated rings. The van der Waals surface area contributed by atoms with E-state index in [1.54, 1.807) is 54.3 Å². The van der Waals surface area contributed by atoms with E-state index in [9.17, 15) is 97.5 Å². The van der Waals surface area contributed by atoms with E-state index < -0.39 is 212 Å². The highest BCUT2D eigenvalue weighted by Gasteiger charge is 2.40. The predicted octanol–water partition coefficient (Wildman–Crippen LogP) is 7.82. The van der Waals surface area contributed by atoms with Crippen molar-refractivity contribution in [1.82, 2.24) is 46.7 Å². The second-order valence-corrected chi connectivity index (χ2v) is 34.0. The van der Waals surface area contributed by atoms with Gasteiger partial charge in [0.05, 0.1) is 37.3 Å². The summed E-state index contributed by atoms with van der Waals surface area (Å²) in [4.78, 5) is 216. The molecule has 0 spiro atoms. The Bertz CT molecular complexity index is 3910. The average Bonchev–Trinajstić information content (AvgIpc) is 1.49. The number of carbonyl (C=O) groups excluding carboxylic acids is 11. The van der Waals surface area contributed by atoms with Crippen molar-refractivity contribution in [1.29, 1.82) is 0 Å². The molecule has 5 amide bonds. The number of ketones is 3. The molecular formula is C81H115N9O26S4. The second kappa shape index (κ2) is 54.4. The van der Waals surface area contributed by atoms with Gasteiger partial charge in [-0.25, -0.2) is 19.4 Å². The Kier molecular flexibility index (Phi) is 46.5. The number of ether oxygens (including phenoxy) is 4. The number of alkyl carbamates (subject to hydrolysis) is 1. The van der Waals surface area contributed by atoms with Gasteiger partial charge in [0.1, 0.15) is 40.9 Å². The third-order valence-corrected chi connectivity index (χ3v) is 24.0. The number of carboxylic acids is 5. The minimum absolute atomic E-state index is 0.00178. The molecule has 39 heteroatoms. The molecule has 2 aromatic carbocycles. The Morgan fingerprint density at radius 1 is 0.708 bits per heavy atom. The molecule has 13 atom stereocenters. The topological polar surface area (TPSA) is 523 Å². The monoisotopic (exact) mass is 1760 g/mol. The van der Waals surface area contributed by atoms with Crippen LogP contribution in [0, 0.1) is 35.5 Å². The lowest BCUT2D eigenvalue weighted by atomic mass is 9.83. The lowest BCUT2D eigenvalue weighted by molar-refractivity contribution is -0.161. The van der Waals surface area contributed by atoms with Gasteiger partial charge in [0.2, 0.25) is 17.7 Å². The van der Waals surface area contributed by atoms with Crippen LogP contribution in [-0.2, 0) is 98.9 Å². The summed E-state index contributed by atoms with van der Waals surface area (Å²) >= 11 is 6.12. The van der Waals surface area contributed by atoms with Gasteiger partial charge >= 0.3 is 47.9 Å². The normalized spacial score (nSPS) is 15.7. The number of benzene rings is 2. The Labute approximate surface area is 714 Å². The number of phenolic OH excluding ortho intramolecular Hbond substituents is 1. The van der Waals surface area contributed by atoms with Crippen LogP contribution in [0.1, 0.15) is 203 Å². The molecule has 2 heterocycles. The van der Waals surface area contributed by atoms with Gasteiger partial charge in [0, 0.05) is 98.7 Å². The molecular weight excluding hydrogens is 1640 g/mol. The third kappa shape index (κ3) is 38.7. The van der Waals surface area contributed by atoms with E-state index in [2.05, 4.69) is 55.8 Å². The number of esters is 2. The maximum Gasteiger partial charge on any atom is 0.407 e. The molecule has 35 nitrogen and oxygen atoms in total. The van der Waals surface area contributed by atoms with Gasteiger partial charge in [-0.2, -0.15) is 0 Å². The number of carboxylic acid groups (broad SMARTS) is 5. The molecule has 120 heavy (non-hydrogen) atoms. The first kappa shape index (κ1) is 102. The number of Topliss-reactive ketones (excluding diaryl/α,β-unsaturated/α-hetero) is 3. The number of phenols is 1. The van der Waals surface area contributed by atoms with Crippen LogP contribution in [0.15, 0.2) is 60.0 Å². The third-order valence-electron chi connectivity index (χ3n) is 20.3. The van der Waals surface area contributed by atoms with Crippen molar-refractivity contribution in [2.45, 2.75) is 232 Å².